The Bertz CT molecular complexity index is 800. The molecule has 0 aromatic heterocycles. The number of aliphatic carboxylic acids is 1. The lowest BCUT2D eigenvalue weighted by Gasteiger charge is -2.21. The van der Waals surface area contributed by atoms with Crippen LogP contribution in [0, 0.1) is 0 Å². The van der Waals surface area contributed by atoms with Gasteiger partial charge in [0.1, 0.15) is 6.04 Å². The molecule has 1 rings (SSSR count). The third kappa shape index (κ3) is 8.48. The summed E-state index contributed by atoms with van der Waals surface area (Å²) in [6.07, 6.45) is -0.329. The van der Waals surface area contributed by atoms with Gasteiger partial charge in [0.25, 0.3) is 0 Å². The molecule has 162 valence electrons. The number of aromatic hydroxyl groups is 2. The first-order chi connectivity index (χ1) is 13.4. The molecule has 1 aromatic rings. The maximum absolute atomic E-state index is 12.2. The van der Waals surface area contributed by atoms with Crippen LogP contribution in [0.1, 0.15) is 19.4 Å². The molecule has 1 unspecified atom stereocenters. The Balaban J connectivity index is 2.82. The van der Waals surface area contributed by atoms with Crippen molar-refractivity contribution < 1.29 is 48.4 Å². The van der Waals surface area contributed by atoms with Crippen molar-refractivity contribution in [1.82, 2.24) is 10.4 Å². The fourth-order valence-electron chi connectivity index (χ4n) is 2.19. The van der Waals surface area contributed by atoms with E-state index in [1.807, 2.05) is 5.09 Å². The van der Waals surface area contributed by atoms with Gasteiger partial charge in [-0.3, -0.25) is 14.1 Å². The number of esters is 1. The molecule has 29 heavy (non-hydrogen) atoms. The molecule has 0 saturated carbocycles. The zero-order valence-electron chi connectivity index (χ0n) is 15.7. The van der Waals surface area contributed by atoms with Crippen LogP contribution in [0.2, 0.25) is 0 Å². The van der Waals surface area contributed by atoms with Crippen LogP contribution in [-0.4, -0.2) is 63.4 Å². The molecule has 13 heteroatoms. The van der Waals surface area contributed by atoms with E-state index in [4.69, 9.17) is 9.26 Å². The van der Waals surface area contributed by atoms with Gasteiger partial charge in [0.05, 0.1) is 13.2 Å². The molecular weight excluding hydrogens is 411 g/mol. The first-order valence-electron chi connectivity index (χ1n) is 8.37. The predicted octanol–water partition coefficient (Wildman–Crippen LogP) is -0.132. The van der Waals surface area contributed by atoms with Gasteiger partial charge >= 0.3 is 19.7 Å². The van der Waals surface area contributed by atoms with E-state index < -0.39 is 55.8 Å². The van der Waals surface area contributed by atoms with Crippen LogP contribution in [-0.2, 0) is 34.6 Å². The molecule has 1 amide bonds. The van der Waals surface area contributed by atoms with Crippen molar-refractivity contribution >= 4 is 25.6 Å². The van der Waals surface area contributed by atoms with E-state index in [9.17, 15) is 39.2 Å². The van der Waals surface area contributed by atoms with Crippen LogP contribution in [0.5, 0.6) is 11.5 Å². The number of amides is 1. The first kappa shape index (κ1) is 24.4. The van der Waals surface area contributed by atoms with Gasteiger partial charge in [-0.25, -0.2) is 14.4 Å². The molecule has 12 nitrogen and oxygen atoms in total. The Labute approximate surface area is 166 Å². The van der Waals surface area contributed by atoms with E-state index in [-0.39, 0.29) is 18.6 Å². The molecule has 0 saturated heterocycles. The fourth-order valence-corrected chi connectivity index (χ4v) is 3.21. The summed E-state index contributed by atoms with van der Waals surface area (Å²) in [6.45, 7) is 1.91. The van der Waals surface area contributed by atoms with Crippen LogP contribution < -0.4 is 10.4 Å². The average molecular weight is 434 g/mol. The number of nitrogens with one attached hydrogen (secondary N) is 2. The maximum atomic E-state index is 12.2. The number of ether oxygens (including phenoxy) is 1. The van der Waals surface area contributed by atoms with Crippen molar-refractivity contribution in [1.29, 1.82) is 0 Å². The van der Waals surface area contributed by atoms with Gasteiger partial charge in [-0.1, -0.05) is 6.07 Å². The second kappa shape index (κ2) is 10.8. The molecule has 0 bridgehead atoms. The lowest BCUT2D eigenvalue weighted by molar-refractivity contribution is -0.148. The molecule has 0 fully saturated rings. The number of carbonyl (C=O) groups is 3. The molecule has 0 radical (unpaired) electrons. The Morgan fingerprint density at radius 3 is 2.34 bits per heavy atom. The quantitative estimate of drug-likeness (QED) is 0.154. The minimum absolute atomic E-state index is 0.00448. The van der Waals surface area contributed by atoms with E-state index in [0.29, 0.717) is 0 Å². The highest BCUT2D eigenvalue weighted by atomic mass is 31.2. The summed E-state index contributed by atoms with van der Waals surface area (Å²) < 4.78 is 21.7. The molecule has 3 atom stereocenters. The molecule has 0 aliphatic heterocycles. The second-order valence-electron chi connectivity index (χ2n) is 5.87. The Kier molecular flexibility index (Phi) is 9.05. The van der Waals surface area contributed by atoms with Crippen LogP contribution in [0.3, 0.4) is 0 Å². The van der Waals surface area contributed by atoms with Crippen LogP contribution >= 0.6 is 7.75 Å². The Morgan fingerprint density at radius 1 is 1.17 bits per heavy atom. The minimum Gasteiger partial charge on any atom is -0.504 e. The summed E-state index contributed by atoms with van der Waals surface area (Å²) in [4.78, 5) is 44.3. The molecular formula is C16H23N2O10P. The summed E-state index contributed by atoms with van der Waals surface area (Å²) in [5.74, 6) is -3.88. The van der Waals surface area contributed by atoms with Crippen molar-refractivity contribution in [3.05, 3.63) is 23.8 Å². The number of rotatable bonds is 11. The lowest BCUT2D eigenvalue weighted by Crippen LogP contribution is -2.44. The van der Waals surface area contributed by atoms with Gasteiger partial charge in [0.2, 0.25) is 5.91 Å². The van der Waals surface area contributed by atoms with Crippen molar-refractivity contribution in [2.75, 3.05) is 13.2 Å². The number of hydrogen-bond donors (Lipinski definition) is 6. The zero-order valence-corrected chi connectivity index (χ0v) is 16.6. The summed E-state index contributed by atoms with van der Waals surface area (Å²) in [5, 5.41) is 32.2. The number of phenolic OH excluding ortho intramolecular Hbond substituents is 2. The highest BCUT2D eigenvalue weighted by molar-refractivity contribution is 7.50. The molecule has 0 aliphatic carbocycles. The maximum Gasteiger partial charge on any atom is 0.403 e. The smallest absolute Gasteiger partial charge is 0.403 e. The van der Waals surface area contributed by atoms with Gasteiger partial charge in [-0.2, -0.15) is 0 Å². The first-order valence-corrected chi connectivity index (χ1v) is 9.95. The zero-order chi connectivity index (χ0) is 22.2. The van der Waals surface area contributed by atoms with Crippen molar-refractivity contribution in [2.45, 2.75) is 32.4 Å². The van der Waals surface area contributed by atoms with Crippen LogP contribution in [0.4, 0.5) is 0 Å². The monoisotopic (exact) mass is 434 g/mol. The minimum atomic E-state index is -4.72. The highest BCUT2D eigenvalue weighted by Crippen LogP contribution is 2.38. The van der Waals surface area contributed by atoms with Gasteiger partial charge < -0.3 is 30.3 Å². The predicted molar refractivity (Wildman–Crippen MR) is 98.1 cm³/mol. The van der Waals surface area contributed by atoms with Crippen LogP contribution in [0.25, 0.3) is 0 Å². The molecule has 0 heterocycles. The van der Waals surface area contributed by atoms with Crippen LogP contribution in [0.15, 0.2) is 18.2 Å². The summed E-state index contributed by atoms with van der Waals surface area (Å²) in [6, 6.07) is 0.590. The summed E-state index contributed by atoms with van der Waals surface area (Å²) in [5.41, 5.74) is 0.253. The van der Waals surface area contributed by atoms with E-state index in [1.165, 1.54) is 13.0 Å². The number of carboxylic acids is 1. The molecule has 0 aliphatic rings. The largest absolute Gasteiger partial charge is 0.504 e. The van der Waals surface area contributed by atoms with E-state index in [2.05, 4.69) is 5.32 Å². The SMILES string of the molecule is CCOC(=O)[C@H](COP(=O)(O)N[C@@H](Cc1ccc(O)c(O)c1)C(=O)O)NC(C)=O. The van der Waals surface area contributed by atoms with Crippen molar-refractivity contribution in [2.24, 2.45) is 0 Å². The van der Waals surface area contributed by atoms with E-state index >= 15 is 0 Å². The third-order valence-corrected chi connectivity index (χ3v) is 4.60. The Morgan fingerprint density at radius 2 is 1.83 bits per heavy atom. The molecule has 1 aromatic carbocycles. The van der Waals surface area contributed by atoms with Gasteiger partial charge in [0, 0.05) is 6.92 Å². The van der Waals surface area contributed by atoms with E-state index in [1.54, 1.807) is 0 Å². The fraction of sp³-hybridized carbons (Fsp3) is 0.438. The summed E-state index contributed by atoms with van der Waals surface area (Å²) in [7, 11) is -4.72. The third-order valence-electron chi connectivity index (χ3n) is 3.46. The summed E-state index contributed by atoms with van der Waals surface area (Å²) >= 11 is 0. The van der Waals surface area contributed by atoms with E-state index in [0.717, 1.165) is 19.1 Å². The second-order valence-corrected chi connectivity index (χ2v) is 7.43. The topological polar surface area (TPSA) is 192 Å². The number of carbonyl (C=O) groups excluding carboxylic acids is 2. The number of hydrogen-bond acceptors (Lipinski definition) is 8. The normalized spacial score (nSPS) is 15.0. The van der Waals surface area contributed by atoms with Gasteiger partial charge in [-0.15, -0.1) is 0 Å². The highest BCUT2D eigenvalue weighted by Gasteiger charge is 2.32. The van der Waals surface area contributed by atoms with Crippen molar-refractivity contribution in [3.63, 3.8) is 0 Å². The van der Waals surface area contributed by atoms with Gasteiger partial charge in [-0.05, 0) is 31.0 Å². The molecule has 0 spiro atoms. The number of carboxylic acid groups (broad SMARTS) is 1. The lowest BCUT2D eigenvalue weighted by atomic mass is 10.1. The standard InChI is InChI=1S/C16H23N2O10P/c1-3-27-16(24)12(17-9(2)19)8-28-29(25,26)18-11(15(22)23)6-10-4-5-13(20)14(21)7-10/h4-5,7,11-12,20-21H,3,6,8H2,1-2H3,(H,17,19)(H,22,23)(H2,18,25,26)/t11-,12-/m0/s1. The van der Waals surface area contributed by atoms with Gasteiger partial charge in [0.15, 0.2) is 17.5 Å². The van der Waals surface area contributed by atoms with Crippen molar-refractivity contribution in [3.8, 4) is 11.5 Å². The number of phenols is 2. The Hall–Kier alpha value is -2.66. The number of benzene rings is 1. The average Bonchev–Trinajstić information content (AvgIpc) is 2.60. The molecule has 6 N–H and O–H groups in total.